The highest BCUT2D eigenvalue weighted by Gasteiger charge is 2.47. The van der Waals surface area contributed by atoms with Gasteiger partial charge < -0.3 is 10.2 Å². The van der Waals surface area contributed by atoms with Crippen molar-refractivity contribution in [2.45, 2.75) is 16.9 Å². The second-order valence-corrected chi connectivity index (χ2v) is 8.49. The van der Waals surface area contributed by atoms with E-state index in [1.54, 1.807) is 0 Å². The summed E-state index contributed by atoms with van der Waals surface area (Å²) in [6, 6.07) is 23.6. The third-order valence-corrected chi connectivity index (χ3v) is 6.72. The minimum atomic E-state index is -2.03. The Labute approximate surface area is 169 Å². The molecule has 0 spiro atoms. The monoisotopic (exact) mass is 413 g/mol. The lowest BCUT2D eigenvalue weighted by Gasteiger charge is -2.29. The van der Waals surface area contributed by atoms with Crippen LogP contribution in [0.15, 0.2) is 77.7 Å². The van der Waals surface area contributed by atoms with Crippen LogP contribution in [0.1, 0.15) is 5.56 Å². The number of aliphatic carboxylic acids is 1. The first-order chi connectivity index (χ1) is 13.5. The van der Waals surface area contributed by atoms with Crippen molar-refractivity contribution >= 4 is 37.0 Å². The molecular formula is C22H22O4PS+. The Balaban J connectivity index is 1.84. The van der Waals surface area contributed by atoms with Gasteiger partial charge in [-0.15, -0.1) is 11.8 Å². The van der Waals surface area contributed by atoms with Crippen LogP contribution in [0, 0.1) is 5.92 Å². The Bertz CT molecular complexity index is 963. The summed E-state index contributed by atoms with van der Waals surface area (Å²) in [6.45, 7) is 0. The summed E-state index contributed by atoms with van der Waals surface area (Å²) >= 11 is 1.51. The number of hydrogen-bond donors (Lipinski definition) is 2. The lowest BCUT2D eigenvalue weighted by Crippen LogP contribution is -2.49. The second-order valence-electron chi connectivity index (χ2n) is 6.76. The van der Waals surface area contributed by atoms with E-state index in [2.05, 4.69) is 6.07 Å². The number of carbonyl (C=O) groups is 1. The molecule has 3 aromatic carbocycles. The summed E-state index contributed by atoms with van der Waals surface area (Å²) in [5.74, 6) is -1.50. The molecule has 3 unspecified atom stereocenters. The Morgan fingerprint density at radius 3 is 2.36 bits per heavy atom. The van der Waals surface area contributed by atoms with Gasteiger partial charge in [-0.1, -0.05) is 65.2 Å². The molecule has 3 rings (SSSR count). The highest BCUT2D eigenvalue weighted by molar-refractivity contribution is 7.99. The van der Waals surface area contributed by atoms with Crippen LogP contribution in [-0.4, -0.2) is 33.7 Å². The van der Waals surface area contributed by atoms with Gasteiger partial charge in [0.25, 0.3) is 0 Å². The summed E-state index contributed by atoms with van der Waals surface area (Å²) in [5.41, 5.74) is -1.08. The van der Waals surface area contributed by atoms with E-state index >= 15 is 0 Å². The number of fused-ring (bicyclic) bond motifs is 1. The maximum Gasteiger partial charge on any atom is 0.340 e. The van der Waals surface area contributed by atoms with Crippen LogP contribution in [0.5, 0.6) is 0 Å². The van der Waals surface area contributed by atoms with Gasteiger partial charge in [-0.25, -0.2) is 4.79 Å². The molecule has 0 bridgehead atoms. The number of hydrogen-bond acceptors (Lipinski definition) is 4. The molecule has 0 aromatic heterocycles. The Morgan fingerprint density at radius 2 is 1.68 bits per heavy atom. The predicted molar refractivity (Wildman–Crippen MR) is 115 cm³/mol. The van der Waals surface area contributed by atoms with E-state index in [4.69, 9.17) is 0 Å². The van der Waals surface area contributed by atoms with E-state index < -0.39 is 25.9 Å². The molecule has 28 heavy (non-hydrogen) atoms. The van der Waals surface area contributed by atoms with Gasteiger partial charge in [-0.2, -0.15) is 0 Å². The van der Waals surface area contributed by atoms with Gasteiger partial charge in [0.2, 0.25) is 5.60 Å². The Morgan fingerprint density at radius 1 is 1.00 bits per heavy atom. The molecule has 0 heterocycles. The molecule has 0 radical (unpaired) electrons. The van der Waals surface area contributed by atoms with Gasteiger partial charge in [-0.3, -0.25) is 0 Å². The SMILES string of the molecule is O=[PH+]CC(O)(C(=O)O)C(CSc1ccc2ccccc2c1)Cc1ccccc1. The van der Waals surface area contributed by atoms with Crippen LogP contribution in [-0.2, 0) is 15.8 Å². The number of aliphatic hydroxyl groups is 1. The first-order valence-electron chi connectivity index (χ1n) is 8.99. The molecule has 0 saturated carbocycles. The average Bonchev–Trinajstić information content (AvgIpc) is 2.71. The van der Waals surface area contributed by atoms with Crippen molar-refractivity contribution in [2.24, 2.45) is 5.92 Å². The molecular weight excluding hydrogens is 391 g/mol. The number of rotatable bonds is 9. The maximum atomic E-state index is 11.8. The summed E-state index contributed by atoms with van der Waals surface area (Å²) < 4.78 is 11.2. The zero-order chi connectivity index (χ0) is 20.0. The maximum absolute atomic E-state index is 11.8. The number of benzene rings is 3. The molecule has 0 aliphatic heterocycles. The van der Waals surface area contributed by atoms with Crippen molar-refractivity contribution in [2.75, 3.05) is 11.9 Å². The molecule has 0 amide bonds. The minimum Gasteiger partial charge on any atom is -0.479 e. The van der Waals surface area contributed by atoms with Crippen molar-refractivity contribution < 1.29 is 19.6 Å². The number of carboxylic acid groups (broad SMARTS) is 1. The van der Waals surface area contributed by atoms with Gasteiger partial charge in [0.1, 0.15) is 0 Å². The third kappa shape index (κ3) is 4.79. The summed E-state index contributed by atoms with van der Waals surface area (Å²) in [5, 5.41) is 22.8. The third-order valence-electron chi connectivity index (χ3n) is 4.88. The quantitative estimate of drug-likeness (QED) is 0.395. The molecule has 4 nitrogen and oxygen atoms in total. The van der Waals surface area contributed by atoms with Gasteiger partial charge in [-0.05, 0) is 34.9 Å². The molecule has 3 atom stereocenters. The molecule has 0 aliphatic carbocycles. The molecule has 0 aliphatic rings. The fourth-order valence-electron chi connectivity index (χ4n) is 3.22. The summed E-state index contributed by atoms with van der Waals surface area (Å²) in [4.78, 5) is 12.8. The zero-order valence-corrected chi connectivity index (χ0v) is 17.1. The van der Waals surface area contributed by atoms with Crippen molar-refractivity contribution in [1.82, 2.24) is 0 Å². The lowest BCUT2D eigenvalue weighted by atomic mass is 9.85. The van der Waals surface area contributed by atoms with Crippen molar-refractivity contribution in [3.8, 4) is 0 Å². The van der Waals surface area contributed by atoms with E-state index in [9.17, 15) is 19.6 Å². The highest BCUT2D eigenvalue weighted by atomic mass is 32.2. The Hall–Kier alpha value is -2.20. The van der Waals surface area contributed by atoms with Crippen LogP contribution in [0.4, 0.5) is 0 Å². The largest absolute Gasteiger partial charge is 0.479 e. The van der Waals surface area contributed by atoms with Crippen molar-refractivity contribution in [3.63, 3.8) is 0 Å². The van der Waals surface area contributed by atoms with Crippen LogP contribution < -0.4 is 0 Å². The highest BCUT2D eigenvalue weighted by Crippen LogP contribution is 2.33. The van der Waals surface area contributed by atoms with Crippen LogP contribution in [0.3, 0.4) is 0 Å². The van der Waals surface area contributed by atoms with Crippen molar-refractivity contribution in [3.05, 3.63) is 78.4 Å². The normalized spacial score (nSPS) is 14.6. The van der Waals surface area contributed by atoms with Crippen LogP contribution in [0.25, 0.3) is 10.8 Å². The molecule has 0 saturated heterocycles. The average molecular weight is 413 g/mol. The molecule has 2 N–H and O–H groups in total. The van der Waals surface area contributed by atoms with Crippen molar-refractivity contribution in [1.29, 1.82) is 0 Å². The first-order valence-corrected chi connectivity index (χ1v) is 11.1. The van der Waals surface area contributed by atoms with E-state index in [-0.39, 0.29) is 6.16 Å². The van der Waals surface area contributed by atoms with Gasteiger partial charge in [0, 0.05) is 16.6 Å². The zero-order valence-electron chi connectivity index (χ0n) is 15.2. The van der Waals surface area contributed by atoms with E-state index in [1.807, 2.05) is 66.7 Å². The topological polar surface area (TPSA) is 74.6 Å². The van der Waals surface area contributed by atoms with E-state index in [0.29, 0.717) is 12.2 Å². The molecule has 3 aromatic rings. The van der Waals surface area contributed by atoms with Gasteiger partial charge in [0.05, 0.1) is 0 Å². The standard InChI is InChI=1S/C22H21O4PS/c23-21(24)22(25,15-27-26)19(12-16-6-2-1-3-7-16)14-28-20-11-10-17-8-4-5-9-18(17)13-20/h1-11,13,19,25H,12,14-15H2,(H,23,24)/p+1. The number of carboxylic acids is 1. The van der Waals surface area contributed by atoms with Crippen LogP contribution in [0.2, 0.25) is 0 Å². The number of thioether (sulfide) groups is 1. The van der Waals surface area contributed by atoms with E-state index in [1.165, 1.54) is 11.8 Å². The summed E-state index contributed by atoms with van der Waals surface area (Å²) in [7, 11) is -0.877. The lowest BCUT2D eigenvalue weighted by molar-refractivity contribution is -0.160. The van der Waals surface area contributed by atoms with Gasteiger partial charge >= 0.3 is 14.4 Å². The Kier molecular flexibility index (Phi) is 6.84. The second kappa shape index (κ2) is 9.33. The predicted octanol–water partition coefficient (Wildman–Crippen LogP) is 4.63. The summed E-state index contributed by atoms with van der Waals surface area (Å²) in [6.07, 6.45) is 0.118. The van der Waals surface area contributed by atoms with Gasteiger partial charge in [0.15, 0.2) is 6.16 Å². The molecule has 144 valence electrons. The fourth-order valence-corrected chi connectivity index (χ4v) is 5.04. The molecule has 6 heteroatoms. The first kappa shape index (κ1) is 20.5. The van der Waals surface area contributed by atoms with Crippen LogP contribution >= 0.6 is 20.2 Å². The minimum absolute atomic E-state index is 0.280. The molecule has 0 fully saturated rings. The van der Waals surface area contributed by atoms with E-state index in [0.717, 1.165) is 21.2 Å². The fraction of sp³-hybridized carbons (Fsp3) is 0.227. The smallest absolute Gasteiger partial charge is 0.340 e.